The molecule has 0 fully saturated rings. The van der Waals surface area contributed by atoms with Crippen molar-refractivity contribution in [3.8, 4) is 0 Å². The van der Waals surface area contributed by atoms with Gasteiger partial charge in [-0.3, -0.25) is 9.59 Å². The quantitative estimate of drug-likeness (QED) is 0.562. The Hall–Kier alpha value is -4.19. The molecular weight excluding hydrogens is 476 g/mol. The van der Waals surface area contributed by atoms with Crippen LogP contribution >= 0.6 is 0 Å². The van der Waals surface area contributed by atoms with Crippen LogP contribution in [0.3, 0.4) is 0 Å². The topological polar surface area (TPSA) is 139 Å². The molecule has 0 aliphatic carbocycles. The van der Waals surface area contributed by atoms with E-state index >= 15 is 0 Å². The van der Waals surface area contributed by atoms with Crippen LogP contribution in [0.15, 0.2) is 75.4 Å². The van der Waals surface area contributed by atoms with Gasteiger partial charge in [-0.2, -0.15) is 0 Å². The zero-order valence-corrected chi connectivity index (χ0v) is 19.5. The van der Waals surface area contributed by atoms with Gasteiger partial charge < -0.3 is 24.3 Å². The number of hydrogen-bond acceptors (Lipinski definition) is 8. The minimum absolute atomic E-state index is 0.149. The Kier molecular flexibility index (Phi) is 6.82. The fourth-order valence-corrected chi connectivity index (χ4v) is 4.37. The molecule has 2 aliphatic rings. The first-order valence-corrected chi connectivity index (χ1v) is 12.2. The first-order valence-electron chi connectivity index (χ1n) is 10.6. The molecule has 12 heteroatoms. The third-order valence-corrected chi connectivity index (χ3v) is 6.44. The average Bonchev–Trinajstić information content (AvgIpc) is 3.38. The molecule has 2 aliphatic heterocycles. The van der Waals surface area contributed by atoms with Crippen molar-refractivity contribution in [3.63, 3.8) is 0 Å². The summed E-state index contributed by atoms with van der Waals surface area (Å²) >= 11 is 0. The number of amidine groups is 1. The fourth-order valence-electron chi connectivity index (χ4n) is 3.40. The number of carbonyl (C=O) groups excluding carboxylic acids is 3. The Labute approximate surface area is 201 Å². The van der Waals surface area contributed by atoms with E-state index in [0.717, 1.165) is 0 Å². The van der Waals surface area contributed by atoms with Crippen molar-refractivity contribution in [1.82, 2.24) is 10.2 Å². The molecule has 35 heavy (non-hydrogen) atoms. The molecule has 2 amide bonds. The van der Waals surface area contributed by atoms with Crippen LogP contribution in [-0.4, -0.2) is 62.9 Å². The first-order chi connectivity index (χ1) is 16.7. The van der Waals surface area contributed by atoms with Crippen LogP contribution in [0.2, 0.25) is 0 Å². The lowest BCUT2D eigenvalue weighted by Crippen LogP contribution is -2.37. The number of ether oxygens (including phenoxy) is 1. The minimum atomic E-state index is -3.51. The fraction of sp³-hybridized carbons (Fsp3) is 0.217. The van der Waals surface area contributed by atoms with Crippen LogP contribution in [0.5, 0.6) is 0 Å². The Morgan fingerprint density at radius 3 is 2.74 bits per heavy atom. The number of nitrogens with one attached hydrogen (secondary N) is 1. The second-order valence-corrected chi connectivity index (χ2v) is 9.41. The second kappa shape index (κ2) is 9.97. The molecule has 0 unspecified atom stereocenters. The summed E-state index contributed by atoms with van der Waals surface area (Å²) in [5.41, 5.74) is 0.764. The van der Waals surface area contributed by atoms with E-state index in [9.17, 15) is 22.8 Å². The third-order valence-electron chi connectivity index (χ3n) is 5.27. The smallest absolute Gasteiger partial charge is 0.340 e. The van der Waals surface area contributed by atoms with Crippen LogP contribution in [0.4, 0.5) is 5.69 Å². The van der Waals surface area contributed by atoms with E-state index in [1.54, 1.807) is 36.4 Å². The molecule has 4 rings (SSSR count). The number of hydrogen-bond donors (Lipinski definition) is 1. The van der Waals surface area contributed by atoms with Crippen LogP contribution < -0.4 is 10.2 Å². The number of para-hydroxylation sites is 1. The lowest BCUT2D eigenvalue weighted by atomic mass is 10.1. The summed E-state index contributed by atoms with van der Waals surface area (Å²) in [6.07, 6.45) is 5.72. The molecule has 3 heterocycles. The van der Waals surface area contributed by atoms with Crippen LogP contribution in [0.25, 0.3) is 0 Å². The Morgan fingerprint density at radius 1 is 1.17 bits per heavy atom. The van der Waals surface area contributed by atoms with Crippen molar-refractivity contribution in [2.24, 2.45) is 4.40 Å². The van der Waals surface area contributed by atoms with Gasteiger partial charge in [0.1, 0.15) is 11.6 Å². The molecule has 0 saturated carbocycles. The van der Waals surface area contributed by atoms with Crippen molar-refractivity contribution in [1.29, 1.82) is 0 Å². The van der Waals surface area contributed by atoms with E-state index in [0.29, 0.717) is 11.4 Å². The summed E-state index contributed by atoms with van der Waals surface area (Å²) < 4.78 is 37.2. The standard InChI is InChI=1S/C23H22N4O7S/c1-26(19-7-3-2-6-18(19)22(29)24-13-17-5-4-11-33-17)21(28)15-34-23(30)16-8-9-20-25-35(31,32)12-10-27(20)14-16/h2-9,11,14H,10,12-13,15H2,1H3,(H,24,29). The third kappa shape index (κ3) is 5.66. The number of furan rings is 1. The first kappa shape index (κ1) is 24.0. The van der Waals surface area contributed by atoms with Crippen molar-refractivity contribution < 1.29 is 32.0 Å². The minimum Gasteiger partial charge on any atom is -0.467 e. The predicted molar refractivity (Wildman–Crippen MR) is 126 cm³/mol. The molecule has 0 atom stereocenters. The molecule has 1 aromatic carbocycles. The number of sulfonamides is 1. The monoisotopic (exact) mass is 498 g/mol. The SMILES string of the molecule is CN(C(=O)COC(=O)C1=CN2CCS(=O)(=O)N=C2C=C1)c1ccccc1C(=O)NCc1ccco1. The van der Waals surface area contributed by atoms with E-state index in [2.05, 4.69) is 9.71 Å². The largest absolute Gasteiger partial charge is 0.467 e. The highest BCUT2D eigenvalue weighted by atomic mass is 32.2. The Balaban J connectivity index is 1.37. The molecule has 0 spiro atoms. The molecule has 2 aromatic rings. The van der Waals surface area contributed by atoms with Gasteiger partial charge in [0.05, 0.1) is 35.4 Å². The number of benzene rings is 1. The van der Waals surface area contributed by atoms with E-state index in [4.69, 9.17) is 9.15 Å². The maximum atomic E-state index is 12.7. The zero-order chi connectivity index (χ0) is 25.0. The number of fused-ring (bicyclic) bond motifs is 1. The van der Waals surface area contributed by atoms with Gasteiger partial charge in [-0.05, 0) is 36.4 Å². The lowest BCUT2D eigenvalue weighted by Gasteiger charge is -2.26. The van der Waals surface area contributed by atoms with Gasteiger partial charge >= 0.3 is 5.97 Å². The van der Waals surface area contributed by atoms with Gasteiger partial charge in [0.2, 0.25) is 0 Å². The molecular formula is C23H22N4O7S. The van der Waals surface area contributed by atoms with Gasteiger partial charge in [0.25, 0.3) is 21.8 Å². The number of anilines is 1. The number of nitrogens with zero attached hydrogens (tertiary/aromatic N) is 3. The summed E-state index contributed by atoms with van der Waals surface area (Å²) in [6.45, 7) is -0.214. The molecule has 0 bridgehead atoms. The van der Waals surface area contributed by atoms with E-state index in [-0.39, 0.29) is 35.8 Å². The van der Waals surface area contributed by atoms with Crippen LogP contribution in [-0.2, 0) is 30.9 Å². The Morgan fingerprint density at radius 2 is 1.97 bits per heavy atom. The molecule has 1 N–H and O–H groups in total. The maximum Gasteiger partial charge on any atom is 0.340 e. The number of rotatable bonds is 7. The normalized spacial score (nSPS) is 16.0. The van der Waals surface area contributed by atoms with Gasteiger partial charge in [0.15, 0.2) is 6.61 Å². The average molecular weight is 499 g/mol. The summed E-state index contributed by atoms with van der Waals surface area (Å²) in [7, 11) is -2.03. The number of esters is 1. The van der Waals surface area contributed by atoms with Gasteiger partial charge in [0, 0.05) is 19.8 Å². The molecule has 182 valence electrons. The summed E-state index contributed by atoms with van der Waals surface area (Å²) in [5.74, 6) is -1.06. The summed E-state index contributed by atoms with van der Waals surface area (Å²) in [6, 6.07) is 10.00. The lowest BCUT2D eigenvalue weighted by molar-refractivity contribution is -0.143. The van der Waals surface area contributed by atoms with E-state index < -0.39 is 34.4 Å². The maximum absolute atomic E-state index is 12.7. The van der Waals surface area contributed by atoms with E-state index in [1.807, 2.05) is 0 Å². The summed E-state index contributed by atoms with van der Waals surface area (Å²) in [4.78, 5) is 40.6. The highest BCUT2D eigenvalue weighted by Gasteiger charge is 2.26. The van der Waals surface area contributed by atoms with Crippen molar-refractivity contribution in [3.05, 3.63) is 77.9 Å². The molecule has 1 aromatic heterocycles. The predicted octanol–water partition coefficient (Wildman–Crippen LogP) is 1.21. The van der Waals surface area contributed by atoms with Gasteiger partial charge in [-0.1, -0.05) is 12.1 Å². The van der Waals surface area contributed by atoms with Gasteiger partial charge in [-0.25, -0.2) is 13.2 Å². The number of amides is 2. The van der Waals surface area contributed by atoms with Crippen LogP contribution in [0.1, 0.15) is 16.1 Å². The van der Waals surface area contributed by atoms with Crippen molar-refractivity contribution in [2.75, 3.05) is 30.9 Å². The second-order valence-electron chi connectivity index (χ2n) is 7.65. The van der Waals surface area contributed by atoms with Gasteiger partial charge in [-0.15, -0.1) is 4.40 Å². The highest BCUT2D eigenvalue weighted by Crippen LogP contribution is 2.20. The number of carbonyl (C=O) groups is 3. The van der Waals surface area contributed by atoms with E-state index in [1.165, 1.54) is 41.5 Å². The molecule has 0 saturated heterocycles. The van der Waals surface area contributed by atoms with Crippen molar-refractivity contribution in [2.45, 2.75) is 6.54 Å². The number of likely N-dealkylation sites (N-methyl/N-ethyl adjacent to an activating group) is 1. The van der Waals surface area contributed by atoms with Crippen LogP contribution in [0, 0.1) is 0 Å². The summed E-state index contributed by atoms with van der Waals surface area (Å²) in [5, 5.41) is 2.73. The zero-order valence-electron chi connectivity index (χ0n) is 18.7. The van der Waals surface area contributed by atoms with Crippen molar-refractivity contribution >= 4 is 39.3 Å². The molecule has 11 nitrogen and oxygen atoms in total. The highest BCUT2D eigenvalue weighted by molar-refractivity contribution is 7.90. The Bertz CT molecular complexity index is 1340. The molecule has 0 radical (unpaired) electrons.